The van der Waals surface area contributed by atoms with Crippen LogP contribution in [-0.4, -0.2) is 29.5 Å². The summed E-state index contributed by atoms with van der Waals surface area (Å²) < 4.78 is 0. The average Bonchev–Trinajstić information content (AvgIpc) is 2.81. The number of piperidine rings is 1. The highest BCUT2D eigenvalue weighted by molar-refractivity contribution is 6.30. The second-order valence-corrected chi connectivity index (χ2v) is 9.80. The lowest BCUT2D eigenvalue weighted by Gasteiger charge is -2.36. The fourth-order valence-electron chi connectivity index (χ4n) is 5.32. The number of hydrogen-bond acceptors (Lipinski definition) is 3. The quantitative estimate of drug-likeness (QED) is 0.452. The Labute approximate surface area is 197 Å². The lowest BCUT2D eigenvalue weighted by molar-refractivity contribution is 0.242. The number of fused-ring (bicyclic) bond motifs is 1. The minimum Gasteiger partial charge on any atom is -0.371 e. The van der Waals surface area contributed by atoms with E-state index in [0.29, 0.717) is 0 Å². The van der Waals surface area contributed by atoms with E-state index in [0.717, 1.165) is 42.3 Å². The zero-order chi connectivity index (χ0) is 22.1. The second-order valence-electron chi connectivity index (χ2n) is 9.36. The number of aryl methyl sites for hydroxylation is 2. The van der Waals surface area contributed by atoms with Gasteiger partial charge in [0.15, 0.2) is 0 Å². The van der Waals surface area contributed by atoms with Crippen molar-refractivity contribution in [3.05, 3.63) is 81.6 Å². The summed E-state index contributed by atoms with van der Waals surface area (Å²) in [6, 6.07) is 15.1. The maximum atomic E-state index is 6.12. The molecule has 1 fully saturated rings. The highest BCUT2D eigenvalue weighted by Crippen LogP contribution is 2.33. The van der Waals surface area contributed by atoms with E-state index < -0.39 is 0 Å². The normalized spacial score (nSPS) is 16.8. The van der Waals surface area contributed by atoms with Crippen molar-refractivity contribution in [2.45, 2.75) is 52.6 Å². The van der Waals surface area contributed by atoms with Gasteiger partial charge in [0, 0.05) is 55.2 Å². The Morgan fingerprint density at radius 1 is 0.875 bits per heavy atom. The topological polar surface area (TPSA) is 19.4 Å². The molecule has 2 aliphatic heterocycles. The molecule has 0 aliphatic carbocycles. The lowest BCUT2D eigenvalue weighted by Crippen LogP contribution is -2.35. The summed E-state index contributed by atoms with van der Waals surface area (Å²) in [5.74, 6) is 0. The van der Waals surface area contributed by atoms with Gasteiger partial charge in [0.25, 0.3) is 0 Å². The molecular weight excluding hydrogens is 414 g/mol. The third kappa shape index (κ3) is 4.42. The number of halogens is 1. The van der Waals surface area contributed by atoms with Crippen LogP contribution >= 0.6 is 11.6 Å². The smallest absolute Gasteiger partial charge is 0.0544 e. The molecule has 0 N–H and O–H groups in total. The van der Waals surface area contributed by atoms with Gasteiger partial charge < -0.3 is 4.90 Å². The minimum absolute atomic E-state index is 0.778. The predicted molar refractivity (Wildman–Crippen MR) is 134 cm³/mol. The Balaban J connectivity index is 1.33. The Hall–Kier alpha value is -2.36. The van der Waals surface area contributed by atoms with Crippen LogP contribution in [0, 0.1) is 13.8 Å². The van der Waals surface area contributed by atoms with Gasteiger partial charge in [0.1, 0.15) is 0 Å². The zero-order valence-corrected chi connectivity index (χ0v) is 20.0. The largest absolute Gasteiger partial charge is 0.371 e. The number of nitrogens with zero attached hydrogens (tertiary/aromatic N) is 3. The summed E-state index contributed by atoms with van der Waals surface area (Å²) >= 11 is 6.12. The number of pyridine rings is 1. The van der Waals surface area contributed by atoms with Gasteiger partial charge in [-0.05, 0) is 91.6 Å². The molecule has 3 heterocycles. The standard InChI is InChI=1S/C28H32ClN3/c1-20-6-11-28(32-13-4-3-5-14-32)27-19-31(15-12-26(20)27)18-24-9-7-22(17-30-24)25-10-8-23(29)16-21(25)2/h6-11,16-17H,3-5,12-15,18-19H2,1-2H3. The van der Waals surface area contributed by atoms with Gasteiger partial charge in [-0.15, -0.1) is 0 Å². The summed E-state index contributed by atoms with van der Waals surface area (Å²) in [5, 5.41) is 0.778. The van der Waals surface area contributed by atoms with Crippen LogP contribution in [0.1, 0.15) is 47.2 Å². The molecule has 32 heavy (non-hydrogen) atoms. The van der Waals surface area contributed by atoms with Crippen molar-refractivity contribution in [1.29, 1.82) is 0 Å². The third-order valence-electron chi connectivity index (χ3n) is 7.11. The molecule has 0 saturated carbocycles. The molecule has 0 atom stereocenters. The van der Waals surface area contributed by atoms with Crippen LogP contribution in [0.5, 0.6) is 0 Å². The van der Waals surface area contributed by atoms with Gasteiger partial charge in [-0.2, -0.15) is 0 Å². The van der Waals surface area contributed by atoms with Crippen LogP contribution in [0.15, 0.2) is 48.7 Å². The first-order valence-electron chi connectivity index (χ1n) is 11.9. The number of benzene rings is 2. The van der Waals surface area contributed by atoms with E-state index in [9.17, 15) is 0 Å². The van der Waals surface area contributed by atoms with Gasteiger partial charge in [-0.3, -0.25) is 9.88 Å². The third-order valence-corrected chi connectivity index (χ3v) is 7.34. The average molecular weight is 446 g/mol. The van der Waals surface area contributed by atoms with Crippen molar-refractivity contribution >= 4 is 17.3 Å². The first-order chi connectivity index (χ1) is 15.6. The first kappa shape index (κ1) is 21.5. The van der Waals surface area contributed by atoms with Crippen LogP contribution in [0.4, 0.5) is 5.69 Å². The first-order valence-corrected chi connectivity index (χ1v) is 12.3. The van der Waals surface area contributed by atoms with Crippen LogP contribution in [-0.2, 0) is 19.5 Å². The van der Waals surface area contributed by atoms with Gasteiger partial charge in [0.05, 0.1) is 5.69 Å². The maximum Gasteiger partial charge on any atom is 0.0544 e. The molecule has 0 spiro atoms. The highest BCUT2D eigenvalue weighted by atomic mass is 35.5. The van der Waals surface area contributed by atoms with Crippen LogP contribution in [0.25, 0.3) is 11.1 Å². The molecule has 0 unspecified atom stereocenters. The zero-order valence-electron chi connectivity index (χ0n) is 19.2. The summed E-state index contributed by atoms with van der Waals surface area (Å²) in [5.41, 5.74) is 10.7. The molecule has 2 aromatic carbocycles. The maximum absolute atomic E-state index is 6.12. The van der Waals surface area contributed by atoms with Crippen molar-refractivity contribution in [3.8, 4) is 11.1 Å². The highest BCUT2D eigenvalue weighted by Gasteiger charge is 2.24. The summed E-state index contributed by atoms with van der Waals surface area (Å²) in [6.45, 7) is 9.77. The molecule has 3 aromatic rings. The molecule has 4 heteroatoms. The van der Waals surface area contributed by atoms with E-state index in [1.165, 1.54) is 54.7 Å². The Bertz CT molecular complexity index is 1100. The number of rotatable bonds is 4. The van der Waals surface area contributed by atoms with Crippen molar-refractivity contribution in [2.75, 3.05) is 24.5 Å². The molecule has 3 nitrogen and oxygen atoms in total. The second kappa shape index (κ2) is 9.25. The monoisotopic (exact) mass is 445 g/mol. The molecule has 1 saturated heterocycles. The summed E-state index contributed by atoms with van der Waals surface area (Å²) in [7, 11) is 0. The fraction of sp³-hybridized carbons (Fsp3) is 0.393. The molecule has 0 radical (unpaired) electrons. The van der Waals surface area contributed by atoms with E-state index in [-0.39, 0.29) is 0 Å². The van der Waals surface area contributed by atoms with Gasteiger partial charge in [-0.1, -0.05) is 29.8 Å². The number of anilines is 1. The van der Waals surface area contributed by atoms with Crippen LogP contribution in [0.3, 0.4) is 0 Å². The van der Waals surface area contributed by atoms with Crippen molar-refractivity contribution in [1.82, 2.24) is 9.88 Å². The van der Waals surface area contributed by atoms with Gasteiger partial charge in [-0.25, -0.2) is 0 Å². The van der Waals surface area contributed by atoms with Gasteiger partial charge >= 0.3 is 0 Å². The number of hydrogen-bond donors (Lipinski definition) is 0. The molecule has 2 aliphatic rings. The van der Waals surface area contributed by atoms with Crippen molar-refractivity contribution < 1.29 is 0 Å². The molecule has 5 rings (SSSR count). The summed E-state index contributed by atoms with van der Waals surface area (Å²) in [6.07, 6.45) is 7.14. The molecular formula is C28H32ClN3. The van der Waals surface area contributed by atoms with E-state index in [1.807, 2.05) is 18.3 Å². The Kier molecular flexibility index (Phi) is 6.21. The van der Waals surface area contributed by atoms with E-state index in [2.05, 4.69) is 54.0 Å². The van der Waals surface area contributed by atoms with Gasteiger partial charge in [0.2, 0.25) is 0 Å². The Morgan fingerprint density at radius 3 is 2.47 bits per heavy atom. The summed E-state index contributed by atoms with van der Waals surface area (Å²) in [4.78, 5) is 9.99. The predicted octanol–water partition coefficient (Wildman–Crippen LogP) is 6.57. The number of aromatic nitrogens is 1. The van der Waals surface area contributed by atoms with Crippen LogP contribution < -0.4 is 4.90 Å². The fourth-order valence-corrected chi connectivity index (χ4v) is 5.54. The molecule has 1 aromatic heterocycles. The van der Waals surface area contributed by atoms with Crippen molar-refractivity contribution in [2.24, 2.45) is 0 Å². The van der Waals surface area contributed by atoms with E-state index in [4.69, 9.17) is 16.6 Å². The molecule has 0 bridgehead atoms. The lowest BCUT2D eigenvalue weighted by atomic mass is 9.92. The molecule has 166 valence electrons. The van der Waals surface area contributed by atoms with E-state index >= 15 is 0 Å². The SMILES string of the molecule is Cc1cc(Cl)ccc1-c1ccc(CN2CCc3c(C)ccc(N4CCCCC4)c3C2)nc1. The molecule has 0 amide bonds. The minimum atomic E-state index is 0.778. The van der Waals surface area contributed by atoms with Crippen LogP contribution in [0.2, 0.25) is 5.02 Å². The van der Waals surface area contributed by atoms with E-state index in [1.54, 1.807) is 11.1 Å². The van der Waals surface area contributed by atoms with Crippen molar-refractivity contribution in [3.63, 3.8) is 0 Å². The Morgan fingerprint density at radius 2 is 1.72 bits per heavy atom.